The van der Waals surface area contributed by atoms with Crippen LogP contribution in [0.3, 0.4) is 0 Å². The van der Waals surface area contributed by atoms with Crippen LogP contribution in [0.15, 0.2) is 37.2 Å². The number of nitrogens with one attached hydrogen (secondary N) is 1. The molecule has 0 saturated carbocycles. The number of amides is 1. The molecule has 1 aliphatic rings. The van der Waals surface area contributed by atoms with Gasteiger partial charge in [-0.3, -0.25) is 9.78 Å². The molecule has 1 saturated heterocycles. The molecule has 4 heterocycles. The lowest BCUT2D eigenvalue weighted by Crippen LogP contribution is -2.45. The zero-order valence-electron chi connectivity index (χ0n) is 14.0. The highest BCUT2D eigenvalue weighted by atomic mass is 16.1. The maximum atomic E-state index is 12.3. The van der Waals surface area contributed by atoms with Gasteiger partial charge < -0.3 is 14.8 Å². The van der Waals surface area contributed by atoms with Crippen LogP contribution in [-0.2, 0) is 7.05 Å². The number of nitrogens with zero attached hydrogens (tertiary/aromatic N) is 6. The van der Waals surface area contributed by atoms with Crippen molar-refractivity contribution in [2.45, 2.75) is 18.9 Å². The highest BCUT2D eigenvalue weighted by Crippen LogP contribution is 2.24. The lowest BCUT2D eigenvalue weighted by molar-refractivity contribution is 0.0931. The van der Waals surface area contributed by atoms with E-state index in [-0.39, 0.29) is 11.9 Å². The fourth-order valence-electron chi connectivity index (χ4n) is 3.17. The molecule has 3 aromatic rings. The fraction of sp³-hybridized carbons (Fsp3) is 0.353. The van der Waals surface area contributed by atoms with E-state index in [2.05, 4.69) is 30.2 Å². The van der Waals surface area contributed by atoms with Crippen molar-refractivity contribution in [3.8, 4) is 0 Å². The predicted molar refractivity (Wildman–Crippen MR) is 93.2 cm³/mol. The van der Waals surface area contributed by atoms with Crippen LogP contribution >= 0.6 is 0 Å². The summed E-state index contributed by atoms with van der Waals surface area (Å²) in [4.78, 5) is 31.5. The number of carbonyl (C=O) groups excluding carboxylic acids is 1. The second kappa shape index (κ2) is 6.46. The molecule has 8 heteroatoms. The first-order valence-electron chi connectivity index (χ1n) is 8.30. The molecule has 4 rings (SSSR count). The van der Waals surface area contributed by atoms with Crippen LogP contribution in [0.5, 0.6) is 0 Å². The molecular formula is C17H19N7O. The topological polar surface area (TPSA) is 88.8 Å². The Balaban J connectivity index is 1.42. The highest BCUT2D eigenvalue weighted by Gasteiger charge is 2.24. The number of anilines is 1. The van der Waals surface area contributed by atoms with E-state index in [0.29, 0.717) is 5.56 Å². The Bertz CT molecular complexity index is 884. The molecule has 0 spiro atoms. The lowest BCUT2D eigenvalue weighted by atomic mass is 10.0. The Kier molecular flexibility index (Phi) is 4.01. The average Bonchev–Trinajstić information content (AvgIpc) is 3.04. The molecule has 0 unspecified atom stereocenters. The molecule has 1 N–H and O–H groups in total. The van der Waals surface area contributed by atoms with Crippen molar-refractivity contribution >= 4 is 22.9 Å². The third-order valence-electron chi connectivity index (χ3n) is 4.55. The maximum absolute atomic E-state index is 12.3. The Morgan fingerprint density at radius 2 is 1.92 bits per heavy atom. The summed E-state index contributed by atoms with van der Waals surface area (Å²) in [7, 11) is 1.92. The second-order valence-electron chi connectivity index (χ2n) is 6.20. The Hall–Kier alpha value is -3.03. The summed E-state index contributed by atoms with van der Waals surface area (Å²) in [6, 6.07) is 3.62. The number of piperidine rings is 1. The van der Waals surface area contributed by atoms with Crippen molar-refractivity contribution in [1.29, 1.82) is 0 Å². The van der Waals surface area contributed by atoms with E-state index in [0.717, 1.165) is 42.9 Å². The van der Waals surface area contributed by atoms with Gasteiger partial charge in [0.05, 0.1) is 6.33 Å². The molecule has 0 atom stereocenters. The quantitative estimate of drug-likeness (QED) is 0.771. The average molecular weight is 337 g/mol. The third kappa shape index (κ3) is 3.02. The van der Waals surface area contributed by atoms with E-state index in [1.165, 1.54) is 0 Å². The molecule has 0 aliphatic carbocycles. The zero-order valence-corrected chi connectivity index (χ0v) is 14.0. The molecule has 8 nitrogen and oxygen atoms in total. The first-order chi connectivity index (χ1) is 12.2. The molecule has 1 amide bonds. The van der Waals surface area contributed by atoms with Crippen molar-refractivity contribution in [3.63, 3.8) is 0 Å². The van der Waals surface area contributed by atoms with E-state index >= 15 is 0 Å². The number of hydrogen-bond acceptors (Lipinski definition) is 6. The van der Waals surface area contributed by atoms with Gasteiger partial charge in [-0.05, 0) is 25.0 Å². The van der Waals surface area contributed by atoms with Gasteiger partial charge in [0.25, 0.3) is 5.91 Å². The highest BCUT2D eigenvalue weighted by molar-refractivity contribution is 5.94. The van der Waals surface area contributed by atoms with Gasteiger partial charge in [-0.15, -0.1) is 0 Å². The van der Waals surface area contributed by atoms with Gasteiger partial charge in [-0.1, -0.05) is 0 Å². The van der Waals surface area contributed by atoms with Crippen molar-refractivity contribution in [1.82, 2.24) is 29.8 Å². The van der Waals surface area contributed by atoms with Crippen LogP contribution in [0.2, 0.25) is 0 Å². The largest absolute Gasteiger partial charge is 0.355 e. The first kappa shape index (κ1) is 15.5. The molecule has 1 aliphatic heterocycles. The van der Waals surface area contributed by atoms with Crippen molar-refractivity contribution < 1.29 is 4.79 Å². The van der Waals surface area contributed by atoms with E-state index in [1.54, 1.807) is 37.2 Å². The summed E-state index contributed by atoms with van der Waals surface area (Å²) in [6.07, 6.45) is 8.33. The summed E-state index contributed by atoms with van der Waals surface area (Å²) < 4.78 is 1.89. The van der Waals surface area contributed by atoms with Crippen molar-refractivity contribution in [2.24, 2.45) is 7.05 Å². The van der Waals surface area contributed by atoms with E-state index < -0.39 is 0 Å². The minimum Gasteiger partial charge on any atom is -0.355 e. The number of pyridine rings is 1. The molecular weight excluding hydrogens is 318 g/mol. The molecule has 0 bridgehead atoms. The van der Waals surface area contributed by atoms with Gasteiger partial charge in [0, 0.05) is 44.1 Å². The van der Waals surface area contributed by atoms with Gasteiger partial charge in [-0.25, -0.2) is 15.0 Å². The van der Waals surface area contributed by atoms with E-state index in [4.69, 9.17) is 0 Å². The standard InChI is InChI=1S/C17H19N7O/c1-23-11-21-14-15(23)19-10-20-16(14)24-8-4-13(5-9-24)22-17(25)12-2-6-18-7-3-12/h2-3,6-7,10-11,13H,4-5,8-9H2,1H3,(H,22,25). The lowest BCUT2D eigenvalue weighted by Gasteiger charge is -2.33. The smallest absolute Gasteiger partial charge is 0.251 e. The van der Waals surface area contributed by atoms with Crippen LogP contribution in [0.25, 0.3) is 11.2 Å². The first-order valence-corrected chi connectivity index (χ1v) is 8.30. The number of fused-ring (bicyclic) bond motifs is 1. The van der Waals surface area contributed by atoms with Crippen molar-refractivity contribution in [2.75, 3.05) is 18.0 Å². The van der Waals surface area contributed by atoms with Crippen LogP contribution < -0.4 is 10.2 Å². The summed E-state index contributed by atoms with van der Waals surface area (Å²) in [5.41, 5.74) is 2.30. The Labute approximate surface area is 144 Å². The summed E-state index contributed by atoms with van der Waals surface area (Å²) in [6.45, 7) is 1.65. The van der Waals surface area contributed by atoms with Gasteiger partial charge in [0.2, 0.25) is 0 Å². The fourth-order valence-corrected chi connectivity index (χ4v) is 3.17. The molecule has 0 aromatic carbocycles. The van der Waals surface area contributed by atoms with Gasteiger partial charge in [0.1, 0.15) is 6.33 Å². The summed E-state index contributed by atoms with van der Waals surface area (Å²) >= 11 is 0. The Morgan fingerprint density at radius 1 is 1.16 bits per heavy atom. The normalized spacial score (nSPS) is 15.5. The Morgan fingerprint density at radius 3 is 2.68 bits per heavy atom. The number of hydrogen-bond donors (Lipinski definition) is 1. The zero-order chi connectivity index (χ0) is 17.2. The van der Waals surface area contributed by atoms with Crippen LogP contribution in [0.1, 0.15) is 23.2 Å². The SMILES string of the molecule is Cn1cnc2c(N3CCC(NC(=O)c4ccncc4)CC3)ncnc21. The number of rotatable bonds is 3. The maximum Gasteiger partial charge on any atom is 0.251 e. The summed E-state index contributed by atoms with van der Waals surface area (Å²) in [5.74, 6) is 0.819. The van der Waals surface area contributed by atoms with E-state index in [9.17, 15) is 4.79 Å². The number of aryl methyl sites for hydroxylation is 1. The van der Waals surface area contributed by atoms with Crippen LogP contribution in [0, 0.1) is 0 Å². The number of imidazole rings is 1. The summed E-state index contributed by atoms with van der Waals surface area (Å²) in [5, 5.41) is 3.10. The van der Waals surface area contributed by atoms with Gasteiger partial charge >= 0.3 is 0 Å². The minimum absolute atomic E-state index is 0.0463. The van der Waals surface area contributed by atoms with E-state index in [1.807, 2.05) is 11.6 Å². The number of carbonyl (C=O) groups is 1. The molecule has 3 aromatic heterocycles. The minimum atomic E-state index is -0.0463. The van der Waals surface area contributed by atoms with Gasteiger partial charge in [0.15, 0.2) is 17.0 Å². The number of aromatic nitrogens is 5. The molecule has 128 valence electrons. The molecule has 25 heavy (non-hydrogen) atoms. The van der Waals surface area contributed by atoms with Gasteiger partial charge in [-0.2, -0.15) is 0 Å². The van der Waals surface area contributed by atoms with Crippen LogP contribution in [-0.4, -0.2) is 49.5 Å². The second-order valence-corrected chi connectivity index (χ2v) is 6.20. The third-order valence-corrected chi connectivity index (χ3v) is 4.55. The molecule has 0 radical (unpaired) electrons. The van der Waals surface area contributed by atoms with Crippen LogP contribution in [0.4, 0.5) is 5.82 Å². The monoisotopic (exact) mass is 337 g/mol. The van der Waals surface area contributed by atoms with Crippen molar-refractivity contribution in [3.05, 3.63) is 42.7 Å². The predicted octanol–water partition coefficient (Wildman–Crippen LogP) is 1.16. The molecule has 1 fully saturated rings.